The zero-order valence-electron chi connectivity index (χ0n) is 15.8. The number of hydrogen-bond acceptors (Lipinski definition) is 5. The van der Waals surface area contributed by atoms with Gasteiger partial charge in [-0.05, 0) is 36.4 Å². The fourth-order valence-electron chi connectivity index (χ4n) is 3.02. The molecule has 0 fully saturated rings. The van der Waals surface area contributed by atoms with Gasteiger partial charge in [-0.15, -0.1) is 0 Å². The lowest BCUT2D eigenvalue weighted by atomic mass is 10.1. The number of nitro benzene ring substituents is 1. The fraction of sp³-hybridized carbons (Fsp3) is 0. The van der Waals surface area contributed by atoms with Gasteiger partial charge in [0.1, 0.15) is 5.69 Å². The third-order valence-corrected chi connectivity index (χ3v) is 6.04. The van der Waals surface area contributed by atoms with Gasteiger partial charge in [-0.1, -0.05) is 54.1 Å². The van der Waals surface area contributed by atoms with Crippen molar-refractivity contribution in [2.24, 2.45) is 0 Å². The molecule has 0 saturated heterocycles. The van der Waals surface area contributed by atoms with Crippen molar-refractivity contribution in [3.8, 4) is 22.5 Å². The first kappa shape index (κ1) is 20.6. The van der Waals surface area contributed by atoms with E-state index in [2.05, 4.69) is 9.93 Å². The first-order valence-electron chi connectivity index (χ1n) is 9.03. The van der Waals surface area contributed by atoms with Gasteiger partial charge in [0, 0.05) is 16.7 Å². The number of halogens is 1. The van der Waals surface area contributed by atoms with Crippen molar-refractivity contribution < 1.29 is 13.3 Å². The van der Waals surface area contributed by atoms with Gasteiger partial charge < -0.3 is 0 Å². The second-order valence-electron chi connectivity index (χ2n) is 6.52. The highest BCUT2D eigenvalue weighted by Gasteiger charge is 2.23. The van der Waals surface area contributed by atoms with Crippen LogP contribution in [0.25, 0.3) is 22.5 Å². The Morgan fingerprint density at radius 2 is 1.58 bits per heavy atom. The third kappa shape index (κ3) is 4.27. The Balaban J connectivity index is 1.87. The zero-order valence-corrected chi connectivity index (χ0v) is 17.4. The van der Waals surface area contributed by atoms with Crippen LogP contribution in [-0.4, -0.2) is 23.2 Å². The molecule has 4 aromatic rings. The molecule has 0 bridgehead atoms. The predicted molar refractivity (Wildman–Crippen MR) is 118 cm³/mol. The van der Waals surface area contributed by atoms with Gasteiger partial charge in [-0.2, -0.15) is 23.1 Å². The highest BCUT2D eigenvalue weighted by molar-refractivity contribution is 7.92. The van der Waals surface area contributed by atoms with Crippen LogP contribution in [0.2, 0.25) is 5.02 Å². The van der Waals surface area contributed by atoms with Gasteiger partial charge >= 0.3 is 0 Å². The molecule has 0 aliphatic rings. The molecule has 0 radical (unpaired) electrons. The zero-order chi connectivity index (χ0) is 22.0. The molecule has 3 aromatic carbocycles. The van der Waals surface area contributed by atoms with E-state index in [1.165, 1.54) is 30.3 Å². The van der Waals surface area contributed by atoms with Crippen LogP contribution in [0.15, 0.2) is 89.8 Å². The maximum atomic E-state index is 12.9. The number of nitro groups is 1. The largest absolute Gasteiger partial charge is 0.278 e. The minimum Gasteiger partial charge on any atom is -0.258 e. The monoisotopic (exact) mass is 454 g/mol. The van der Waals surface area contributed by atoms with Crippen LogP contribution >= 0.6 is 11.6 Å². The molecule has 4 rings (SSSR count). The Kier molecular flexibility index (Phi) is 5.45. The average Bonchev–Trinajstić information content (AvgIpc) is 3.17. The number of sulfonamides is 1. The Bertz CT molecular complexity index is 1350. The van der Waals surface area contributed by atoms with Gasteiger partial charge in [0.2, 0.25) is 0 Å². The van der Waals surface area contributed by atoms with Crippen LogP contribution in [0.3, 0.4) is 0 Å². The Labute approximate surface area is 182 Å². The summed E-state index contributed by atoms with van der Waals surface area (Å²) in [7, 11) is -3.99. The second kappa shape index (κ2) is 8.21. The van der Waals surface area contributed by atoms with E-state index in [4.69, 9.17) is 11.6 Å². The van der Waals surface area contributed by atoms with Crippen molar-refractivity contribution in [3.05, 3.63) is 100 Å². The second-order valence-corrected chi connectivity index (χ2v) is 8.61. The first-order valence-corrected chi connectivity index (χ1v) is 10.9. The van der Waals surface area contributed by atoms with E-state index >= 15 is 0 Å². The molecule has 0 aliphatic heterocycles. The first-order chi connectivity index (χ1) is 14.8. The molecule has 0 spiro atoms. The van der Waals surface area contributed by atoms with Crippen LogP contribution in [0.5, 0.6) is 0 Å². The molecule has 1 N–H and O–H groups in total. The summed E-state index contributed by atoms with van der Waals surface area (Å²) in [6.07, 6.45) is 0. The normalized spacial score (nSPS) is 11.3. The molecular weight excluding hydrogens is 440 g/mol. The lowest BCUT2D eigenvalue weighted by Crippen LogP contribution is -2.25. The van der Waals surface area contributed by atoms with E-state index < -0.39 is 14.9 Å². The van der Waals surface area contributed by atoms with E-state index in [1.807, 2.05) is 0 Å². The molecule has 156 valence electrons. The van der Waals surface area contributed by atoms with E-state index in [0.717, 1.165) is 4.79 Å². The molecule has 0 aliphatic carbocycles. The summed E-state index contributed by atoms with van der Waals surface area (Å²) in [4.78, 5) is 14.5. The lowest BCUT2D eigenvalue weighted by molar-refractivity contribution is -0.384. The van der Waals surface area contributed by atoms with E-state index in [0.29, 0.717) is 16.3 Å². The minimum absolute atomic E-state index is 0.0343. The van der Waals surface area contributed by atoms with Gasteiger partial charge in [0.15, 0.2) is 0 Å². The predicted octanol–water partition coefficient (Wildman–Crippen LogP) is 4.71. The van der Waals surface area contributed by atoms with Crippen LogP contribution in [-0.2, 0) is 10.0 Å². The molecule has 8 nitrogen and oxygen atoms in total. The van der Waals surface area contributed by atoms with E-state index in [9.17, 15) is 18.5 Å². The van der Waals surface area contributed by atoms with Crippen LogP contribution in [0, 0.1) is 10.1 Å². The van der Waals surface area contributed by atoms with Crippen LogP contribution in [0.4, 0.5) is 5.69 Å². The van der Waals surface area contributed by atoms with Gasteiger partial charge in [0.25, 0.3) is 15.7 Å². The fourth-order valence-corrected chi connectivity index (χ4v) is 4.13. The van der Waals surface area contributed by atoms with Crippen molar-refractivity contribution >= 4 is 27.3 Å². The van der Waals surface area contributed by atoms with Crippen LogP contribution in [0.1, 0.15) is 0 Å². The summed E-state index contributed by atoms with van der Waals surface area (Å²) >= 11 is 5.95. The molecule has 0 atom stereocenters. The summed E-state index contributed by atoms with van der Waals surface area (Å²) in [5.74, 6) is 0. The summed E-state index contributed by atoms with van der Waals surface area (Å²) in [5.41, 5.74) is 1.35. The summed E-state index contributed by atoms with van der Waals surface area (Å²) in [6.45, 7) is 0. The number of benzene rings is 3. The molecule has 1 aromatic heterocycles. The van der Waals surface area contributed by atoms with Crippen molar-refractivity contribution in [1.82, 2.24) is 9.89 Å². The molecular formula is C21H15ClN4O4S. The number of nitrogens with zero attached hydrogens (tertiary/aromatic N) is 3. The molecule has 0 amide bonds. The summed E-state index contributed by atoms with van der Waals surface area (Å²) in [6, 6.07) is 22.2. The van der Waals surface area contributed by atoms with Gasteiger partial charge in [-0.25, -0.2) is 0 Å². The van der Waals surface area contributed by atoms with Crippen molar-refractivity contribution in [2.45, 2.75) is 4.90 Å². The lowest BCUT2D eigenvalue weighted by Gasteiger charge is -2.11. The SMILES string of the molecule is O=[N+]([O-])c1ccccc1-c1cc(-c2ccc(Cl)cc2)nn1NS(=O)(=O)c1ccccc1. The van der Waals surface area contributed by atoms with Crippen molar-refractivity contribution in [1.29, 1.82) is 0 Å². The van der Waals surface area contributed by atoms with Gasteiger partial charge in [0.05, 0.1) is 21.1 Å². The number of rotatable bonds is 6. The minimum atomic E-state index is -3.99. The van der Waals surface area contributed by atoms with E-state index in [1.54, 1.807) is 54.6 Å². The Morgan fingerprint density at radius 3 is 2.26 bits per heavy atom. The molecule has 0 unspecified atom stereocenters. The van der Waals surface area contributed by atoms with Crippen LogP contribution < -0.4 is 4.83 Å². The molecule has 31 heavy (non-hydrogen) atoms. The number of hydrogen-bond donors (Lipinski definition) is 1. The number of para-hydroxylation sites is 1. The third-order valence-electron chi connectivity index (χ3n) is 4.49. The Morgan fingerprint density at radius 1 is 0.935 bits per heavy atom. The standard InChI is InChI=1S/C21H15ClN4O4S/c22-16-12-10-15(11-13-16)19-14-21(18-8-4-5-9-20(18)26(27)28)25(23-19)24-31(29,30)17-6-2-1-3-7-17/h1-14,24H. The maximum Gasteiger partial charge on any atom is 0.278 e. The molecule has 0 saturated carbocycles. The van der Waals surface area contributed by atoms with Crippen molar-refractivity contribution in [2.75, 3.05) is 4.83 Å². The van der Waals surface area contributed by atoms with E-state index in [-0.39, 0.29) is 21.8 Å². The number of aromatic nitrogens is 2. The molecule has 1 heterocycles. The maximum absolute atomic E-state index is 12.9. The smallest absolute Gasteiger partial charge is 0.258 e. The quantitative estimate of drug-likeness (QED) is 0.335. The average molecular weight is 455 g/mol. The van der Waals surface area contributed by atoms with Crippen molar-refractivity contribution in [3.63, 3.8) is 0 Å². The van der Waals surface area contributed by atoms with Gasteiger partial charge in [-0.3, -0.25) is 10.1 Å². The Hall–Kier alpha value is -3.69. The number of nitrogens with one attached hydrogen (secondary N) is 1. The summed E-state index contributed by atoms with van der Waals surface area (Å²) < 4.78 is 25.7. The molecule has 10 heteroatoms. The topological polar surface area (TPSA) is 107 Å². The highest BCUT2D eigenvalue weighted by atomic mass is 35.5. The highest BCUT2D eigenvalue weighted by Crippen LogP contribution is 2.32. The summed E-state index contributed by atoms with van der Waals surface area (Å²) in [5, 5.41) is 16.4.